The molecule has 3 aliphatic rings. The van der Waals surface area contributed by atoms with Crippen LogP contribution >= 0.6 is 0 Å². The van der Waals surface area contributed by atoms with Crippen LogP contribution in [0.1, 0.15) is 56.0 Å². The zero-order chi connectivity index (χ0) is 19.3. The number of anilines is 1. The molecule has 3 atom stereocenters. The summed E-state index contributed by atoms with van der Waals surface area (Å²) >= 11 is 0. The fraction of sp³-hybridized carbons (Fsp3) is 0.571. The first-order chi connectivity index (χ1) is 12.8. The van der Waals surface area contributed by atoms with Crippen LogP contribution in [0.5, 0.6) is 0 Å². The summed E-state index contributed by atoms with van der Waals surface area (Å²) in [6.07, 6.45) is 5.91. The van der Waals surface area contributed by atoms with E-state index in [0.717, 1.165) is 36.9 Å². The summed E-state index contributed by atoms with van der Waals surface area (Å²) in [5, 5.41) is 12.4. The van der Waals surface area contributed by atoms with Crippen molar-refractivity contribution in [2.45, 2.75) is 64.6 Å². The Balaban J connectivity index is 1.48. The Morgan fingerprint density at radius 3 is 2.70 bits per heavy atom. The van der Waals surface area contributed by atoms with Gasteiger partial charge in [-0.05, 0) is 49.4 Å². The molecule has 2 bridgehead atoms. The summed E-state index contributed by atoms with van der Waals surface area (Å²) in [5.41, 5.74) is 2.17. The van der Waals surface area contributed by atoms with Crippen LogP contribution in [0, 0.1) is 16.9 Å². The molecule has 6 heteroatoms. The van der Waals surface area contributed by atoms with E-state index in [4.69, 9.17) is 0 Å². The maximum Gasteiger partial charge on any atom is 0.251 e. The molecule has 3 aliphatic heterocycles. The fourth-order valence-corrected chi connectivity index (χ4v) is 4.71. The van der Waals surface area contributed by atoms with Gasteiger partial charge in [-0.15, -0.1) is 0 Å². The summed E-state index contributed by atoms with van der Waals surface area (Å²) in [4.78, 5) is 29.1. The first-order valence-electron chi connectivity index (χ1n) is 9.73. The monoisotopic (exact) mass is 366 g/mol. The maximum atomic E-state index is 12.8. The number of amides is 2. The molecule has 0 aromatic heterocycles. The largest absolute Gasteiger partial charge is 0.347 e. The molecule has 0 aliphatic carbocycles. The van der Waals surface area contributed by atoms with Crippen LogP contribution in [0.4, 0.5) is 5.69 Å². The summed E-state index contributed by atoms with van der Waals surface area (Å²) in [5.74, 6) is 0.0193. The molecule has 1 aromatic rings. The number of benzene rings is 1. The van der Waals surface area contributed by atoms with E-state index in [1.165, 1.54) is 0 Å². The van der Waals surface area contributed by atoms with Gasteiger partial charge in [-0.25, -0.2) is 0 Å². The van der Waals surface area contributed by atoms with E-state index in [9.17, 15) is 14.9 Å². The highest BCUT2D eigenvalue weighted by molar-refractivity contribution is 6.00. The topological polar surface area (TPSA) is 76.4 Å². The predicted octanol–water partition coefficient (Wildman–Crippen LogP) is 2.44. The van der Waals surface area contributed by atoms with E-state index < -0.39 is 5.41 Å². The highest BCUT2D eigenvalue weighted by Gasteiger charge is 2.46. The van der Waals surface area contributed by atoms with Gasteiger partial charge in [-0.1, -0.05) is 20.8 Å². The molecule has 0 unspecified atom stereocenters. The van der Waals surface area contributed by atoms with Crippen LogP contribution in [0.2, 0.25) is 0 Å². The van der Waals surface area contributed by atoms with E-state index in [1.807, 2.05) is 42.7 Å². The number of rotatable bonds is 2. The minimum atomic E-state index is -0.425. The summed E-state index contributed by atoms with van der Waals surface area (Å²) in [6, 6.07) is 6.07. The number of nitriles is 1. The number of hydrogen-bond acceptors (Lipinski definition) is 4. The molecule has 0 saturated carbocycles. The van der Waals surface area contributed by atoms with Crippen LogP contribution in [0.15, 0.2) is 18.2 Å². The Morgan fingerprint density at radius 2 is 2.04 bits per heavy atom. The highest BCUT2D eigenvalue weighted by atomic mass is 16.2. The van der Waals surface area contributed by atoms with Crippen molar-refractivity contribution < 1.29 is 9.59 Å². The van der Waals surface area contributed by atoms with Crippen LogP contribution in [0.25, 0.3) is 0 Å². The third-order valence-corrected chi connectivity index (χ3v) is 6.09. The van der Waals surface area contributed by atoms with Crippen molar-refractivity contribution in [1.82, 2.24) is 10.2 Å². The van der Waals surface area contributed by atoms with E-state index in [-0.39, 0.29) is 29.9 Å². The second kappa shape index (κ2) is 6.26. The second-order valence-corrected chi connectivity index (χ2v) is 8.92. The average Bonchev–Trinajstić information content (AvgIpc) is 3.31. The molecule has 0 radical (unpaired) electrons. The molecule has 6 nitrogen and oxygen atoms in total. The number of nitrogens with zero attached hydrogens (tertiary/aromatic N) is 3. The van der Waals surface area contributed by atoms with Gasteiger partial charge in [0.1, 0.15) is 0 Å². The van der Waals surface area contributed by atoms with Crippen LogP contribution < -0.4 is 10.2 Å². The molecule has 1 N–H and O–H groups in total. The van der Waals surface area contributed by atoms with Crippen molar-refractivity contribution in [2.24, 2.45) is 5.41 Å². The lowest BCUT2D eigenvalue weighted by Crippen LogP contribution is -2.43. The Kier molecular flexibility index (Phi) is 4.14. The van der Waals surface area contributed by atoms with Crippen LogP contribution in [-0.2, 0) is 11.2 Å². The molecule has 2 saturated heterocycles. The molecular weight excluding hydrogens is 340 g/mol. The van der Waals surface area contributed by atoms with E-state index in [0.29, 0.717) is 12.1 Å². The van der Waals surface area contributed by atoms with Gasteiger partial charge in [-0.3, -0.25) is 9.59 Å². The fourth-order valence-electron chi connectivity index (χ4n) is 4.71. The Morgan fingerprint density at radius 1 is 1.26 bits per heavy atom. The van der Waals surface area contributed by atoms with Crippen molar-refractivity contribution in [1.29, 1.82) is 5.26 Å². The minimum Gasteiger partial charge on any atom is -0.347 e. The third-order valence-electron chi connectivity index (χ3n) is 6.09. The quantitative estimate of drug-likeness (QED) is 0.816. The zero-order valence-electron chi connectivity index (χ0n) is 16.2. The van der Waals surface area contributed by atoms with Crippen molar-refractivity contribution in [2.75, 3.05) is 11.4 Å². The third kappa shape index (κ3) is 2.95. The van der Waals surface area contributed by atoms with Crippen molar-refractivity contribution >= 4 is 17.5 Å². The van der Waals surface area contributed by atoms with Crippen LogP contribution in [0.3, 0.4) is 0 Å². The number of fused-ring (bicyclic) bond motifs is 3. The predicted molar refractivity (Wildman–Crippen MR) is 102 cm³/mol. The zero-order valence-corrected chi connectivity index (χ0v) is 16.2. The SMILES string of the molecule is CC(C)(C)C(=O)N1CCc2cc(C(=O)N[C@@H]3C[C@@H]4CC[C@H]3N4C#N)ccc21. The molecular formula is C21H26N4O2. The summed E-state index contributed by atoms with van der Waals surface area (Å²) < 4.78 is 0. The number of hydrogen-bond donors (Lipinski definition) is 1. The lowest BCUT2D eigenvalue weighted by Gasteiger charge is -2.26. The van der Waals surface area contributed by atoms with E-state index >= 15 is 0 Å². The van der Waals surface area contributed by atoms with Gasteiger partial charge < -0.3 is 15.1 Å². The molecule has 27 heavy (non-hydrogen) atoms. The number of carbonyl (C=O) groups is 2. The minimum absolute atomic E-state index is 0.0446. The standard InChI is InChI=1S/C21H26N4O2/c1-21(2,3)20(27)24-9-8-13-10-14(4-6-17(13)24)19(26)23-16-11-15-5-7-18(16)25(15)12-22/h4,6,10,15-16,18H,5,7-9,11H2,1-3H3,(H,23,26)/t15-,16+,18+/m0/s1. The van der Waals surface area contributed by atoms with Gasteiger partial charge in [0, 0.05) is 29.3 Å². The number of nitrogens with one attached hydrogen (secondary N) is 1. The Hall–Kier alpha value is -2.55. The maximum absolute atomic E-state index is 12.8. The van der Waals surface area contributed by atoms with Gasteiger partial charge in [0.05, 0.1) is 12.1 Å². The lowest BCUT2D eigenvalue weighted by molar-refractivity contribution is -0.125. The molecule has 142 valence electrons. The number of carbonyl (C=O) groups excluding carboxylic acids is 2. The van der Waals surface area contributed by atoms with Crippen molar-refractivity contribution in [3.05, 3.63) is 29.3 Å². The van der Waals surface area contributed by atoms with Gasteiger partial charge in [-0.2, -0.15) is 5.26 Å². The van der Waals surface area contributed by atoms with Crippen molar-refractivity contribution in [3.63, 3.8) is 0 Å². The average molecular weight is 366 g/mol. The Bertz CT molecular complexity index is 836. The van der Waals surface area contributed by atoms with Crippen molar-refractivity contribution in [3.8, 4) is 6.19 Å². The van der Waals surface area contributed by atoms with Gasteiger partial charge >= 0.3 is 0 Å². The van der Waals surface area contributed by atoms with E-state index in [1.54, 1.807) is 6.07 Å². The molecule has 2 fully saturated rings. The normalized spacial score (nSPS) is 26.1. The van der Waals surface area contributed by atoms with Gasteiger partial charge in [0.25, 0.3) is 5.91 Å². The molecule has 3 heterocycles. The lowest BCUT2D eigenvalue weighted by atomic mass is 9.94. The highest BCUT2D eigenvalue weighted by Crippen LogP contribution is 2.37. The van der Waals surface area contributed by atoms with Gasteiger partial charge in [0.2, 0.25) is 5.91 Å². The molecule has 2 amide bonds. The molecule has 0 spiro atoms. The first kappa shape index (κ1) is 17.8. The van der Waals surface area contributed by atoms with E-state index in [2.05, 4.69) is 11.5 Å². The molecule has 4 rings (SSSR count). The Labute approximate surface area is 160 Å². The smallest absolute Gasteiger partial charge is 0.251 e. The first-order valence-corrected chi connectivity index (χ1v) is 9.73. The summed E-state index contributed by atoms with van der Waals surface area (Å²) in [7, 11) is 0. The second-order valence-electron chi connectivity index (χ2n) is 8.92. The summed E-state index contributed by atoms with van der Waals surface area (Å²) in [6.45, 7) is 6.44. The van der Waals surface area contributed by atoms with Gasteiger partial charge in [0.15, 0.2) is 6.19 Å². The molecule has 1 aromatic carbocycles. The van der Waals surface area contributed by atoms with Crippen LogP contribution in [-0.4, -0.2) is 41.4 Å².